The normalized spacial score (nSPS) is 12.3. The number of hydrogen-bond acceptors (Lipinski definition) is 2. The predicted molar refractivity (Wildman–Crippen MR) is 64.8 cm³/mol. The summed E-state index contributed by atoms with van der Waals surface area (Å²) >= 11 is 5.51. The first-order chi connectivity index (χ1) is 8.32. The molecule has 1 aromatic rings. The van der Waals surface area contributed by atoms with Crippen LogP contribution in [0.25, 0.3) is 0 Å². The molecule has 2 N–H and O–H groups in total. The fourth-order valence-electron chi connectivity index (χ4n) is 1.29. The van der Waals surface area contributed by atoms with Crippen LogP contribution in [0.2, 0.25) is 5.02 Å². The van der Waals surface area contributed by atoms with Crippen LogP contribution < -0.4 is 5.32 Å². The summed E-state index contributed by atoms with van der Waals surface area (Å²) in [4.78, 5) is 22.6. The Morgan fingerprint density at radius 2 is 2.00 bits per heavy atom. The van der Waals surface area contributed by atoms with Gasteiger partial charge in [-0.25, -0.2) is 9.18 Å². The van der Waals surface area contributed by atoms with Crippen molar-refractivity contribution in [1.29, 1.82) is 0 Å². The standard InChI is InChI=1S/C12H13ClFNO3/c1-6(2)11(16)15-10(12(17)18)7-3-4-8(13)9(14)5-7/h3-6,10H,1-2H3,(H,15,16)(H,17,18). The Balaban J connectivity index is 3.01. The van der Waals surface area contributed by atoms with Gasteiger partial charge in [0, 0.05) is 5.92 Å². The molecule has 18 heavy (non-hydrogen) atoms. The average Bonchev–Trinajstić information content (AvgIpc) is 2.29. The summed E-state index contributed by atoms with van der Waals surface area (Å²) in [6, 6.07) is 2.34. The number of rotatable bonds is 4. The van der Waals surface area contributed by atoms with Crippen molar-refractivity contribution in [2.24, 2.45) is 5.92 Å². The summed E-state index contributed by atoms with van der Waals surface area (Å²) < 4.78 is 13.3. The minimum absolute atomic E-state index is 0.0990. The number of carboxylic acid groups (broad SMARTS) is 1. The number of carboxylic acids is 1. The maximum atomic E-state index is 13.3. The molecule has 4 nitrogen and oxygen atoms in total. The van der Waals surface area contributed by atoms with Crippen LogP contribution in [-0.2, 0) is 9.59 Å². The first-order valence-electron chi connectivity index (χ1n) is 5.31. The molecular weight excluding hydrogens is 261 g/mol. The molecule has 1 rings (SSSR count). The molecular formula is C12H13ClFNO3. The minimum atomic E-state index is -1.29. The monoisotopic (exact) mass is 273 g/mol. The molecule has 0 saturated heterocycles. The molecule has 0 bridgehead atoms. The quantitative estimate of drug-likeness (QED) is 0.885. The molecule has 98 valence electrons. The van der Waals surface area contributed by atoms with Crippen molar-refractivity contribution in [2.75, 3.05) is 0 Å². The molecule has 0 spiro atoms. The van der Waals surface area contributed by atoms with E-state index in [0.29, 0.717) is 0 Å². The van der Waals surface area contributed by atoms with Gasteiger partial charge in [0.25, 0.3) is 0 Å². The van der Waals surface area contributed by atoms with Gasteiger partial charge in [-0.05, 0) is 17.7 Å². The van der Waals surface area contributed by atoms with Gasteiger partial charge in [-0.1, -0.05) is 31.5 Å². The Kier molecular flexibility index (Phi) is 4.67. The third-order valence-electron chi connectivity index (χ3n) is 2.33. The Labute approximate surface area is 109 Å². The third-order valence-corrected chi connectivity index (χ3v) is 2.64. The molecule has 6 heteroatoms. The van der Waals surface area contributed by atoms with Gasteiger partial charge in [-0.2, -0.15) is 0 Å². The molecule has 0 aliphatic carbocycles. The van der Waals surface area contributed by atoms with Crippen LogP contribution in [-0.4, -0.2) is 17.0 Å². The van der Waals surface area contributed by atoms with Crippen LogP contribution in [0.3, 0.4) is 0 Å². The fourth-order valence-corrected chi connectivity index (χ4v) is 1.41. The van der Waals surface area contributed by atoms with Gasteiger partial charge >= 0.3 is 5.97 Å². The molecule has 1 amide bonds. The molecule has 1 atom stereocenters. The Morgan fingerprint density at radius 1 is 1.39 bits per heavy atom. The van der Waals surface area contributed by atoms with E-state index in [9.17, 15) is 14.0 Å². The van der Waals surface area contributed by atoms with Crippen LogP contribution in [0.1, 0.15) is 25.5 Å². The van der Waals surface area contributed by atoms with Crippen molar-refractivity contribution in [1.82, 2.24) is 5.32 Å². The summed E-state index contributed by atoms with van der Waals surface area (Å²) in [6.07, 6.45) is 0. The van der Waals surface area contributed by atoms with Gasteiger partial charge in [0.1, 0.15) is 5.82 Å². The minimum Gasteiger partial charge on any atom is -0.479 e. The second-order valence-corrected chi connectivity index (χ2v) is 4.52. The number of carbonyl (C=O) groups is 2. The molecule has 1 unspecified atom stereocenters. The maximum Gasteiger partial charge on any atom is 0.330 e. The Hall–Kier alpha value is -1.62. The molecule has 0 aliphatic rings. The number of halogens is 2. The third kappa shape index (κ3) is 3.43. The van der Waals surface area contributed by atoms with Crippen molar-refractivity contribution >= 4 is 23.5 Å². The van der Waals surface area contributed by atoms with E-state index >= 15 is 0 Å². The molecule has 0 saturated carbocycles. The van der Waals surface area contributed by atoms with Crippen LogP contribution in [0.15, 0.2) is 18.2 Å². The average molecular weight is 274 g/mol. The fraction of sp³-hybridized carbons (Fsp3) is 0.333. The number of nitrogens with one attached hydrogen (secondary N) is 1. The summed E-state index contributed by atoms with van der Waals surface area (Å²) in [5.41, 5.74) is 0.137. The zero-order valence-corrected chi connectivity index (χ0v) is 10.7. The van der Waals surface area contributed by atoms with Crippen molar-refractivity contribution in [2.45, 2.75) is 19.9 Å². The van der Waals surface area contributed by atoms with E-state index in [0.717, 1.165) is 6.07 Å². The SMILES string of the molecule is CC(C)C(=O)NC(C(=O)O)c1ccc(Cl)c(F)c1. The lowest BCUT2D eigenvalue weighted by atomic mass is 10.1. The zero-order chi connectivity index (χ0) is 13.9. The van der Waals surface area contributed by atoms with E-state index in [4.69, 9.17) is 16.7 Å². The topological polar surface area (TPSA) is 66.4 Å². The highest BCUT2D eigenvalue weighted by Crippen LogP contribution is 2.21. The van der Waals surface area contributed by atoms with Gasteiger partial charge in [0.15, 0.2) is 6.04 Å². The van der Waals surface area contributed by atoms with Gasteiger partial charge in [0.2, 0.25) is 5.91 Å². The van der Waals surface area contributed by atoms with Crippen LogP contribution in [0, 0.1) is 11.7 Å². The van der Waals surface area contributed by atoms with E-state index in [1.54, 1.807) is 13.8 Å². The van der Waals surface area contributed by atoms with Gasteiger partial charge in [-0.3, -0.25) is 4.79 Å². The van der Waals surface area contributed by atoms with Crippen LogP contribution in [0.5, 0.6) is 0 Å². The second kappa shape index (κ2) is 5.82. The highest BCUT2D eigenvalue weighted by molar-refractivity contribution is 6.30. The summed E-state index contributed by atoms with van der Waals surface area (Å²) in [6.45, 7) is 3.27. The highest BCUT2D eigenvalue weighted by Gasteiger charge is 2.23. The van der Waals surface area contributed by atoms with Gasteiger partial charge < -0.3 is 10.4 Å². The second-order valence-electron chi connectivity index (χ2n) is 4.11. The zero-order valence-electron chi connectivity index (χ0n) is 9.91. The van der Waals surface area contributed by atoms with Crippen molar-refractivity contribution in [3.63, 3.8) is 0 Å². The largest absolute Gasteiger partial charge is 0.479 e. The van der Waals surface area contributed by atoms with E-state index in [1.165, 1.54) is 12.1 Å². The molecule has 1 aromatic carbocycles. The summed E-state index contributed by atoms with van der Waals surface area (Å²) in [5.74, 6) is -2.76. The lowest BCUT2D eigenvalue weighted by Crippen LogP contribution is -2.36. The molecule has 0 fully saturated rings. The predicted octanol–water partition coefficient (Wildman–Crippen LogP) is 2.38. The number of benzene rings is 1. The number of amides is 1. The molecule has 0 aliphatic heterocycles. The van der Waals surface area contributed by atoms with Crippen molar-refractivity contribution in [3.8, 4) is 0 Å². The lowest BCUT2D eigenvalue weighted by molar-refractivity contribution is -0.142. The van der Waals surface area contributed by atoms with E-state index < -0.39 is 23.7 Å². The number of aliphatic carboxylic acids is 1. The van der Waals surface area contributed by atoms with Gasteiger partial charge in [0.05, 0.1) is 5.02 Å². The number of carbonyl (C=O) groups excluding carboxylic acids is 1. The van der Waals surface area contributed by atoms with Crippen LogP contribution >= 0.6 is 11.6 Å². The van der Waals surface area contributed by atoms with E-state index in [-0.39, 0.29) is 16.5 Å². The lowest BCUT2D eigenvalue weighted by Gasteiger charge is -2.16. The van der Waals surface area contributed by atoms with Gasteiger partial charge in [-0.15, -0.1) is 0 Å². The van der Waals surface area contributed by atoms with Crippen molar-refractivity contribution < 1.29 is 19.1 Å². The summed E-state index contributed by atoms with van der Waals surface area (Å²) in [5, 5.41) is 11.3. The Bertz CT molecular complexity index is 476. The first-order valence-corrected chi connectivity index (χ1v) is 5.69. The molecule has 0 heterocycles. The summed E-state index contributed by atoms with van der Waals surface area (Å²) in [7, 11) is 0. The first kappa shape index (κ1) is 14.4. The highest BCUT2D eigenvalue weighted by atomic mass is 35.5. The van der Waals surface area contributed by atoms with E-state index in [1.807, 2.05) is 0 Å². The smallest absolute Gasteiger partial charge is 0.330 e. The van der Waals surface area contributed by atoms with Crippen molar-refractivity contribution in [3.05, 3.63) is 34.6 Å². The molecule has 0 aromatic heterocycles. The van der Waals surface area contributed by atoms with E-state index in [2.05, 4.69) is 5.32 Å². The molecule has 0 radical (unpaired) electrons. The van der Waals surface area contributed by atoms with Crippen LogP contribution in [0.4, 0.5) is 4.39 Å². The number of hydrogen-bond donors (Lipinski definition) is 2. The maximum absolute atomic E-state index is 13.3. The Morgan fingerprint density at radius 3 is 2.44 bits per heavy atom.